The van der Waals surface area contributed by atoms with Crippen LogP contribution in [-0.4, -0.2) is 11.0 Å². The molecule has 4 heteroatoms. The summed E-state index contributed by atoms with van der Waals surface area (Å²) in [5.41, 5.74) is 7.57. The molecule has 0 saturated heterocycles. The average Bonchev–Trinajstić information content (AvgIpc) is 2.58. The molecule has 0 radical (unpaired) electrons. The first-order valence-electron chi connectivity index (χ1n) is 5.32. The lowest BCUT2D eigenvalue weighted by Gasteiger charge is -2.15. The fourth-order valence-corrected chi connectivity index (χ4v) is 2.45. The predicted octanol–water partition coefficient (Wildman–Crippen LogP) is 3.03. The Bertz CT molecular complexity index is 354. The Morgan fingerprint density at radius 1 is 1.53 bits per heavy atom. The molecule has 0 bridgehead atoms. The quantitative estimate of drug-likeness (QED) is 0.812. The minimum absolute atomic E-state index is 0.566. The minimum atomic E-state index is 0.566. The van der Waals surface area contributed by atoms with Gasteiger partial charge in [-0.25, -0.2) is 4.98 Å². The van der Waals surface area contributed by atoms with Crippen LogP contribution in [0.4, 0.5) is 11.4 Å². The molecule has 0 aliphatic heterocycles. The van der Waals surface area contributed by atoms with Crippen LogP contribution < -0.4 is 11.1 Å². The summed E-state index contributed by atoms with van der Waals surface area (Å²) in [6.45, 7) is 2.30. The molecular formula is C11H16BrN3. The summed E-state index contributed by atoms with van der Waals surface area (Å²) >= 11 is 3.35. The Balaban J connectivity index is 2.07. The third-order valence-electron chi connectivity index (χ3n) is 2.96. The lowest BCUT2D eigenvalue weighted by atomic mass is 10.1. The van der Waals surface area contributed by atoms with Crippen LogP contribution in [0.3, 0.4) is 0 Å². The highest BCUT2D eigenvalue weighted by Gasteiger charge is 2.21. The zero-order valence-electron chi connectivity index (χ0n) is 8.83. The second kappa shape index (κ2) is 4.39. The molecule has 1 aromatic rings. The average molecular weight is 270 g/mol. The van der Waals surface area contributed by atoms with Crippen LogP contribution >= 0.6 is 15.9 Å². The number of halogens is 1. The molecule has 1 aromatic heterocycles. The number of nitrogens with two attached hydrogens (primary N) is 1. The van der Waals surface area contributed by atoms with Crippen LogP contribution in [0.2, 0.25) is 0 Å². The number of hydrogen-bond acceptors (Lipinski definition) is 3. The fraction of sp³-hybridized carbons (Fsp3) is 0.545. The van der Waals surface area contributed by atoms with E-state index in [0.717, 1.165) is 21.9 Å². The van der Waals surface area contributed by atoms with Gasteiger partial charge in [0.05, 0.1) is 17.6 Å². The lowest BCUT2D eigenvalue weighted by molar-refractivity contribution is 0.602. The fourth-order valence-electron chi connectivity index (χ4n) is 2.12. The van der Waals surface area contributed by atoms with E-state index < -0.39 is 0 Å². The van der Waals surface area contributed by atoms with Crippen molar-refractivity contribution >= 4 is 27.3 Å². The van der Waals surface area contributed by atoms with E-state index in [-0.39, 0.29) is 0 Å². The summed E-state index contributed by atoms with van der Waals surface area (Å²) in [5, 5.41) is 3.49. The number of pyridine rings is 1. The van der Waals surface area contributed by atoms with Crippen molar-refractivity contribution in [1.29, 1.82) is 0 Å². The van der Waals surface area contributed by atoms with Crippen LogP contribution in [0.25, 0.3) is 0 Å². The Morgan fingerprint density at radius 3 is 3.00 bits per heavy atom. The maximum absolute atomic E-state index is 5.86. The molecule has 0 amide bonds. The number of nitrogens with one attached hydrogen (secondary N) is 1. The minimum Gasteiger partial charge on any atom is -0.396 e. The molecule has 2 unspecified atom stereocenters. The van der Waals surface area contributed by atoms with Crippen LogP contribution in [0, 0.1) is 5.92 Å². The zero-order valence-corrected chi connectivity index (χ0v) is 10.4. The van der Waals surface area contributed by atoms with E-state index >= 15 is 0 Å². The van der Waals surface area contributed by atoms with Gasteiger partial charge in [0.25, 0.3) is 0 Å². The normalized spacial score (nSPS) is 25.5. The molecule has 3 N–H and O–H groups in total. The Morgan fingerprint density at radius 2 is 2.33 bits per heavy atom. The van der Waals surface area contributed by atoms with Gasteiger partial charge in [-0.3, -0.25) is 0 Å². The highest BCUT2D eigenvalue weighted by Crippen LogP contribution is 2.29. The lowest BCUT2D eigenvalue weighted by Crippen LogP contribution is -2.16. The van der Waals surface area contributed by atoms with E-state index in [1.54, 1.807) is 6.20 Å². The van der Waals surface area contributed by atoms with Gasteiger partial charge in [0.1, 0.15) is 4.60 Å². The predicted molar refractivity (Wildman–Crippen MR) is 66.8 cm³/mol. The highest BCUT2D eigenvalue weighted by molar-refractivity contribution is 9.10. The molecule has 0 aromatic carbocycles. The van der Waals surface area contributed by atoms with Crippen molar-refractivity contribution in [3.05, 3.63) is 16.9 Å². The molecule has 1 heterocycles. The molecule has 82 valence electrons. The molecular weight excluding hydrogens is 254 g/mol. The van der Waals surface area contributed by atoms with Crippen molar-refractivity contribution in [1.82, 2.24) is 4.98 Å². The molecule has 15 heavy (non-hydrogen) atoms. The number of aromatic nitrogens is 1. The van der Waals surface area contributed by atoms with Crippen molar-refractivity contribution in [3.63, 3.8) is 0 Å². The number of hydrogen-bond donors (Lipinski definition) is 2. The number of nitrogen functional groups attached to an aromatic ring is 1. The monoisotopic (exact) mass is 269 g/mol. The van der Waals surface area contributed by atoms with Crippen LogP contribution in [0.1, 0.15) is 26.2 Å². The Labute approximate surface area is 98.6 Å². The van der Waals surface area contributed by atoms with Crippen LogP contribution in [0.5, 0.6) is 0 Å². The topological polar surface area (TPSA) is 50.9 Å². The SMILES string of the molecule is CC1CCC(Nc2cc(Br)ncc2N)C1. The van der Waals surface area contributed by atoms with Crippen molar-refractivity contribution < 1.29 is 0 Å². The summed E-state index contributed by atoms with van der Waals surface area (Å²) in [4.78, 5) is 4.08. The van der Waals surface area contributed by atoms with Gasteiger partial charge in [0.15, 0.2) is 0 Å². The molecule has 1 saturated carbocycles. The second-order valence-electron chi connectivity index (χ2n) is 4.35. The first-order valence-corrected chi connectivity index (χ1v) is 6.12. The molecule has 2 rings (SSSR count). The van der Waals surface area contributed by atoms with Gasteiger partial charge in [-0.05, 0) is 47.2 Å². The summed E-state index contributed by atoms with van der Waals surface area (Å²) in [6.07, 6.45) is 5.47. The summed E-state index contributed by atoms with van der Waals surface area (Å²) < 4.78 is 0.824. The van der Waals surface area contributed by atoms with E-state index in [9.17, 15) is 0 Å². The van der Waals surface area contributed by atoms with Crippen molar-refractivity contribution in [2.75, 3.05) is 11.1 Å². The molecule has 1 fully saturated rings. The van der Waals surface area contributed by atoms with Gasteiger partial charge in [-0.1, -0.05) is 6.92 Å². The Kier molecular flexibility index (Phi) is 3.14. The van der Waals surface area contributed by atoms with Gasteiger partial charge in [0.2, 0.25) is 0 Å². The van der Waals surface area contributed by atoms with E-state index in [1.807, 2.05) is 6.07 Å². The largest absolute Gasteiger partial charge is 0.396 e. The maximum Gasteiger partial charge on any atom is 0.108 e. The summed E-state index contributed by atoms with van der Waals surface area (Å²) in [6, 6.07) is 2.51. The van der Waals surface area contributed by atoms with Crippen molar-refractivity contribution in [2.45, 2.75) is 32.2 Å². The van der Waals surface area contributed by atoms with E-state index in [2.05, 4.69) is 33.2 Å². The molecule has 0 spiro atoms. The van der Waals surface area contributed by atoms with Crippen LogP contribution in [0.15, 0.2) is 16.9 Å². The number of rotatable bonds is 2. The van der Waals surface area contributed by atoms with Gasteiger partial charge in [0, 0.05) is 6.04 Å². The number of nitrogens with zero attached hydrogens (tertiary/aromatic N) is 1. The third-order valence-corrected chi connectivity index (χ3v) is 3.39. The van der Waals surface area contributed by atoms with Gasteiger partial charge >= 0.3 is 0 Å². The van der Waals surface area contributed by atoms with Crippen molar-refractivity contribution in [2.24, 2.45) is 5.92 Å². The standard InChI is InChI=1S/C11H16BrN3/c1-7-2-3-8(4-7)15-10-5-11(12)14-6-9(10)13/h5-8H,2-4,13H2,1H3,(H,14,15). The smallest absolute Gasteiger partial charge is 0.108 e. The van der Waals surface area contributed by atoms with Gasteiger partial charge in [-0.15, -0.1) is 0 Å². The van der Waals surface area contributed by atoms with E-state index in [1.165, 1.54) is 19.3 Å². The summed E-state index contributed by atoms with van der Waals surface area (Å²) in [5.74, 6) is 0.828. The first-order chi connectivity index (χ1) is 7.15. The maximum atomic E-state index is 5.86. The highest BCUT2D eigenvalue weighted by atomic mass is 79.9. The Hall–Kier alpha value is -0.770. The van der Waals surface area contributed by atoms with E-state index in [0.29, 0.717) is 6.04 Å². The first kappa shape index (κ1) is 10.7. The van der Waals surface area contributed by atoms with Gasteiger partial charge in [-0.2, -0.15) is 0 Å². The molecule has 1 aliphatic carbocycles. The van der Waals surface area contributed by atoms with E-state index in [4.69, 9.17) is 5.73 Å². The zero-order chi connectivity index (χ0) is 10.8. The third kappa shape index (κ3) is 2.62. The number of anilines is 2. The van der Waals surface area contributed by atoms with Crippen molar-refractivity contribution in [3.8, 4) is 0 Å². The van der Waals surface area contributed by atoms with Gasteiger partial charge < -0.3 is 11.1 Å². The molecule has 3 nitrogen and oxygen atoms in total. The molecule has 1 aliphatic rings. The summed E-state index contributed by atoms with van der Waals surface area (Å²) in [7, 11) is 0. The second-order valence-corrected chi connectivity index (χ2v) is 5.17. The van der Waals surface area contributed by atoms with Crippen LogP contribution in [-0.2, 0) is 0 Å². The molecule has 2 atom stereocenters.